The van der Waals surface area contributed by atoms with Crippen LogP contribution >= 0.6 is 11.3 Å². The van der Waals surface area contributed by atoms with Gasteiger partial charge in [-0.15, -0.1) is 0 Å². The van der Waals surface area contributed by atoms with Crippen LogP contribution in [0.15, 0.2) is 6.20 Å². The maximum absolute atomic E-state index is 12.6. The summed E-state index contributed by atoms with van der Waals surface area (Å²) >= 11 is 1.43. The number of carbonyl (C=O) groups is 1. The maximum Gasteiger partial charge on any atom is 0.265 e. The molecule has 1 aromatic heterocycles. The van der Waals surface area contributed by atoms with Crippen molar-refractivity contribution in [2.75, 3.05) is 58.3 Å². The molecule has 0 unspecified atom stereocenters. The summed E-state index contributed by atoms with van der Waals surface area (Å²) in [5, 5.41) is 3.78. The van der Waals surface area contributed by atoms with Gasteiger partial charge in [-0.05, 0) is 18.8 Å². The van der Waals surface area contributed by atoms with Crippen LogP contribution < -0.4 is 5.32 Å². The van der Waals surface area contributed by atoms with Gasteiger partial charge in [-0.2, -0.15) is 0 Å². The molecule has 1 N–H and O–H groups in total. The molecule has 6 nitrogen and oxygen atoms in total. The fourth-order valence-corrected chi connectivity index (χ4v) is 3.93. The van der Waals surface area contributed by atoms with Gasteiger partial charge in [-0.25, -0.2) is 4.98 Å². The van der Waals surface area contributed by atoms with E-state index in [9.17, 15) is 4.79 Å². The number of hydrogen-bond acceptors (Lipinski definition) is 6. The van der Waals surface area contributed by atoms with Crippen molar-refractivity contribution in [3.63, 3.8) is 0 Å². The molecule has 1 amide bonds. The summed E-state index contributed by atoms with van der Waals surface area (Å²) in [6.07, 6.45) is 3.99. The molecule has 0 bridgehead atoms. The molecule has 0 saturated carbocycles. The summed E-state index contributed by atoms with van der Waals surface area (Å²) in [6.45, 7) is 6.52. The Bertz CT molecular complexity index is 501. The first-order valence-corrected chi connectivity index (χ1v) is 8.81. The van der Waals surface area contributed by atoms with E-state index >= 15 is 0 Å². The molecule has 122 valence electrons. The Morgan fingerprint density at radius 3 is 3.00 bits per heavy atom. The summed E-state index contributed by atoms with van der Waals surface area (Å²) in [6, 6.07) is 0. The molecule has 1 atom stereocenters. The number of nitrogens with zero attached hydrogens (tertiary/aromatic N) is 3. The second kappa shape index (κ2) is 7.39. The molecule has 3 rings (SSSR count). The minimum Gasteiger partial charge on any atom is -0.379 e. The zero-order valence-corrected chi connectivity index (χ0v) is 13.9. The Labute approximate surface area is 135 Å². The monoisotopic (exact) mass is 324 g/mol. The number of carbonyl (C=O) groups excluding carboxylic acids is 1. The van der Waals surface area contributed by atoms with Gasteiger partial charge >= 0.3 is 0 Å². The Balaban J connectivity index is 1.56. The minimum atomic E-state index is 0.130. The first kappa shape index (κ1) is 15.7. The summed E-state index contributed by atoms with van der Waals surface area (Å²) < 4.78 is 5.40. The van der Waals surface area contributed by atoms with Gasteiger partial charge in [0.25, 0.3) is 5.91 Å². The van der Waals surface area contributed by atoms with Gasteiger partial charge in [0, 0.05) is 39.8 Å². The van der Waals surface area contributed by atoms with Gasteiger partial charge in [-0.3, -0.25) is 9.69 Å². The largest absolute Gasteiger partial charge is 0.379 e. The fourth-order valence-electron chi connectivity index (χ4n) is 3.19. The van der Waals surface area contributed by atoms with E-state index in [0.717, 1.165) is 62.4 Å². The van der Waals surface area contributed by atoms with Gasteiger partial charge in [0.05, 0.1) is 19.4 Å². The number of nitrogens with one attached hydrogen (secondary N) is 1. The molecule has 7 heteroatoms. The van der Waals surface area contributed by atoms with Crippen molar-refractivity contribution in [2.24, 2.45) is 5.92 Å². The second-order valence-electron chi connectivity index (χ2n) is 5.95. The summed E-state index contributed by atoms with van der Waals surface area (Å²) in [7, 11) is 1.83. The smallest absolute Gasteiger partial charge is 0.265 e. The number of morpholine rings is 1. The predicted molar refractivity (Wildman–Crippen MR) is 87.5 cm³/mol. The van der Waals surface area contributed by atoms with E-state index in [1.54, 1.807) is 6.20 Å². The van der Waals surface area contributed by atoms with Crippen molar-refractivity contribution in [1.29, 1.82) is 0 Å². The molecule has 1 aromatic rings. The first-order chi connectivity index (χ1) is 10.8. The van der Waals surface area contributed by atoms with E-state index in [2.05, 4.69) is 15.2 Å². The van der Waals surface area contributed by atoms with Crippen LogP contribution in [0, 0.1) is 5.92 Å². The average Bonchev–Trinajstić information content (AvgIpc) is 3.04. The van der Waals surface area contributed by atoms with E-state index in [0.29, 0.717) is 5.92 Å². The lowest BCUT2D eigenvalue weighted by molar-refractivity contribution is 0.0224. The van der Waals surface area contributed by atoms with Gasteiger partial charge in [0.1, 0.15) is 4.88 Å². The van der Waals surface area contributed by atoms with Crippen molar-refractivity contribution in [3.8, 4) is 0 Å². The van der Waals surface area contributed by atoms with Crippen LogP contribution in [0.1, 0.15) is 22.5 Å². The highest BCUT2D eigenvalue weighted by molar-refractivity contribution is 7.17. The zero-order valence-electron chi connectivity index (χ0n) is 13.1. The number of rotatable bonds is 4. The number of ether oxygens (including phenoxy) is 1. The highest BCUT2D eigenvalue weighted by Gasteiger charge is 2.27. The molecular formula is C15H24N4O2S. The molecule has 2 saturated heterocycles. The van der Waals surface area contributed by atoms with E-state index in [4.69, 9.17) is 4.74 Å². The molecule has 0 aromatic carbocycles. The average molecular weight is 324 g/mol. The van der Waals surface area contributed by atoms with E-state index in [1.807, 2.05) is 11.9 Å². The van der Waals surface area contributed by atoms with Crippen LogP contribution in [0.2, 0.25) is 0 Å². The third-order valence-electron chi connectivity index (χ3n) is 4.36. The molecule has 0 spiro atoms. The van der Waals surface area contributed by atoms with Crippen molar-refractivity contribution >= 4 is 22.4 Å². The van der Waals surface area contributed by atoms with Crippen molar-refractivity contribution < 1.29 is 9.53 Å². The Morgan fingerprint density at radius 1 is 1.45 bits per heavy atom. The Hall–Kier alpha value is -1.18. The SMILES string of the molecule is CNc1ncc(C(=O)N2CCC[C@H](CN3CCOCC3)C2)s1. The number of likely N-dealkylation sites (tertiary alicyclic amines) is 1. The molecule has 22 heavy (non-hydrogen) atoms. The molecule has 2 fully saturated rings. The van der Waals surface area contributed by atoms with Crippen LogP contribution in [0.5, 0.6) is 0 Å². The van der Waals surface area contributed by atoms with Gasteiger partial charge < -0.3 is 15.0 Å². The molecule has 0 radical (unpaired) electrons. The normalized spacial score (nSPS) is 23.5. The van der Waals surface area contributed by atoms with Crippen molar-refractivity contribution in [1.82, 2.24) is 14.8 Å². The van der Waals surface area contributed by atoms with E-state index in [-0.39, 0.29) is 5.91 Å². The number of piperidine rings is 1. The molecule has 3 heterocycles. The molecule has 0 aliphatic carbocycles. The number of aromatic nitrogens is 1. The lowest BCUT2D eigenvalue weighted by Crippen LogP contribution is -2.46. The predicted octanol–water partition coefficient (Wildman–Crippen LogP) is 1.37. The lowest BCUT2D eigenvalue weighted by atomic mass is 9.97. The molecular weight excluding hydrogens is 300 g/mol. The third-order valence-corrected chi connectivity index (χ3v) is 5.36. The third kappa shape index (κ3) is 3.77. The second-order valence-corrected chi connectivity index (χ2v) is 6.98. The number of hydrogen-bond donors (Lipinski definition) is 1. The number of amides is 1. The minimum absolute atomic E-state index is 0.130. The van der Waals surface area contributed by atoms with Crippen LogP contribution in [-0.4, -0.2) is 73.7 Å². The highest BCUT2D eigenvalue weighted by atomic mass is 32.1. The quantitative estimate of drug-likeness (QED) is 0.906. The van der Waals surface area contributed by atoms with E-state index in [1.165, 1.54) is 17.8 Å². The van der Waals surface area contributed by atoms with Crippen molar-refractivity contribution in [2.45, 2.75) is 12.8 Å². The summed E-state index contributed by atoms with van der Waals surface area (Å²) in [5.74, 6) is 0.707. The molecule has 2 aliphatic rings. The first-order valence-electron chi connectivity index (χ1n) is 7.99. The summed E-state index contributed by atoms with van der Waals surface area (Å²) in [5.41, 5.74) is 0. The summed E-state index contributed by atoms with van der Waals surface area (Å²) in [4.78, 5) is 22.0. The van der Waals surface area contributed by atoms with Crippen LogP contribution in [0.3, 0.4) is 0 Å². The Kier molecular flexibility index (Phi) is 5.28. The standard InChI is InChI=1S/C15H24N4O2S/c1-16-15-17-9-13(22-15)14(20)19-4-2-3-12(11-19)10-18-5-7-21-8-6-18/h9,12H,2-8,10-11H2,1H3,(H,16,17)/t12-/m1/s1. The number of thiazole rings is 1. The van der Waals surface area contributed by atoms with Crippen molar-refractivity contribution in [3.05, 3.63) is 11.1 Å². The van der Waals surface area contributed by atoms with Gasteiger partial charge in [0.15, 0.2) is 5.13 Å². The number of anilines is 1. The van der Waals surface area contributed by atoms with Gasteiger partial charge in [0.2, 0.25) is 0 Å². The van der Waals surface area contributed by atoms with E-state index < -0.39 is 0 Å². The van der Waals surface area contributed by atoms with Gasteiger partial charge in [-0.1, -0.05) is 11.3 Å². The maximum atomic E-state index is 12.6. The Morgan fingerprint density at radius 2 is 2.27 bits per heavy atom. The zero-order chi connectivity index (χ0) is 15.4. The van der Waals surface area contributed by atoms with Crippen LogP contribution in [-0.2, 0) is 4.74 Å². The van der Waals surface area contributed by atoms with Crippen LogP contribution in [0.4, 0.5) is 5.13 Å². The highest BCUT2D eigenvalue weighted by Crippen LogP contribution is 2.23. The molecule has 2 aliphatic heterocycles. The fraction of sp³-hybridized carbons (Fsp3) is 0.733. The topological polar surface area (TPSA) is 57.7 Å². The lowest BCUT2D eigenvalue weighted by Gasteiger charge is -2.36. The van der Waals surface area contributed by atoms with Crippen LogP contribution in [0.25, 0.3) is 0 Å².